The van der Waals surface area contributed by atoms with Crippen LogP contribution >= 0.6 is 0 Å². The van der Waals surface area contributed by atoms with Gasteiger partial charge in [0.1, 0.15) is 18.1 Å². The Morgan fingerprint density at radius 2 is 1.93 bits per heavy atom. The van der Waals surface area contributed by atoms with Gasteiger partial charge in [-0.1, -0.05) is 31.5 Å². The van der Waals surface area contributed by atoms with Crippen molar-refractivity contribution < 1.29 is 19.1 Å². The van der Waals surface area contributed by atoms with Gasteiger partial charge < -0.3 is 19.7 Å². The number of nitrogens with zero attached hydrogens (tertiary/aromatic N) is 1. The molecule has 0 radical (unpaired) electrons. The van der Waals surface area contributed by atoms with Crippen LogP contribution in [0, 0.1) is 12.8 Å². The number of hydrogen-bond donors (Lipinski definition) is 1. The lowest BCUT2D eigenvalue weighted by molar-refractivity contribution is -0.125. The molecular formula is C22H26N2O4. The Morgan fingerprint density at radius 1 is 1.21 bits per heavy atom. The Hall–Kier alpha value is -3.02. The van der Waals surface area contributed by atoms with Crippen LogP contribution in [0.1, 0.15) is 26.3 Å². The van der Waals surface area contributed by atoms with Crippen LogP contribution in [0.5, 0.6) is 11.5 Å². The average molecular weight is 382 g/mol. The van der Waals surface area contributed by atoms with E-state index < -0.39 is 6.10 Å². The number of amides is 2. The Kier molecular flexibility index (Phi) is 5.87. The summed E-state index contributed by atoms with van der Waals surface area (Å²) in [5.41, 5.74) is 2.49. The molecule has 6 nitrogen and oxygen atoms in total. The van der Waals surface area contributed by atoms with E-state index in [0.717, 1.165) is 5.75 Å². The first-order chi connectivity index (χ1) is 13.3. The molecule has 1 aliphatic rings. The molecule has 2 aromatic rings. The van der Waals surface area contributed by atoms with Gasteiger partial charge in [0.15, 0.2) is 6.10 Å². The maximum absolute atomic E-state index is 12.6. The summed E-state index contributed by atoms with van der Waals surface area (Å²) in [6, 6.07) is 13.1. The van der Waals surface area contributed by atoms with E-state index in [2.05, 4.69) is 5.32 Å². The third-order valence-electron chi connectivity index (χ3n) is 4.56. The molecular weight excluding hydrogens is 356 g/mol. The molecule has 2 aromatic carbocycles. The zero-order valence-electron chi connectivity index (χ0n) is 16.7. The molecule has 0 saturated carbocycles. The molecule has 148 valence electrons. The van der Waals surface area contributed by atoms with E-state index in [4.69, 9.17) is 9.47 Å². The highest BCUT2D eigenvalue weighted by Gasteiger charge is 2.31. The summed E-state index contributed by atoms with van der Waals surface area (Å²) in [5, 5.41) is 2.85. The first-order valence-electron chi connectivity index (χ1n) is 9.47. The molecule has 1 N–H and O–H groups in total. The van der Waals surface area contributed by atoms with Gasteiger partial charge in [0, 0.05) is 17.7 Å². The topological polar surface area (TPSA) is 67.9 Å². The van der Waals surface area contributed by atoms with Gasteiger partial charge in [0.25, 0.3) is 5.91 Å². The van der Waals surface area contributed by atoms with E-state index in [1.54, 1.807) is 30.0 Å². The third-order valence-corrected chi connectivity index (χ3v) is 4.56. The fourth-order valence-electron chi connectivity index (χ4n) is 2.89. The minimum Gasteiger partial charge on any atom is -0.492 e. The first kappa shape index (κ1) is 19.7. The maximum atomic E-state index is 12.6. The lowest BCUT2D eigenvalue weighted by Crippen LogP contribution is -2.46. The number of hydrogen-bond acceptors (Lipinski definition) is 4. The standard InChI is InChI=1S/C22H26N2O4/c1-14(2)21(25)23-17-7-10-19-20(13-17)28-16(4)22(26)24(19)11-12-27-18-8-5-15(3)6-9-18/h5-10,13-14,16H,11-12H2,1-4H3,(H,23,25). The van der Waals surface area contributed by atoms with Crippen molar-refractivity contribution in [2.75, 3.05) is 23.4 Å². The number of carbonyl (C=O) groups is 2. The molecule has 0 fully saturated rings. The highest BCUT2D eigenvalue weighted by Crippen LogP contribution is 2.36. The lowest BCUT2D eigenvalue weighted by atomic mass is 10.1. The van der Waals surface area contributed by atoms with Crippen molar-refractivity contribution in [1.29, 1.82) is 0 Å². The Morgan fingerprint density at radius 3 is 2.61 bits per heavy atom. The first-order valence-corrected chi connectivity index (χ1v) is 9.47. The summed E-state index contributed by atoms with van der Waals surface area (Å²) in [4.78, 5) is 26.2. The third kappa shape index (κ3) is 4.44. The molecule has 0 bridgehead atoms. The van der Waals surface area contributed by atoms with E-state index in [1.165, 1.54) is 5.56 Å². The maximum Gasteiger partial charge on any atom is 0.267 e. The number of fused-ring (bicyclic) bond motifs is 1. The minimum absolute atomic E-state index is 0.0664. The molecule has 28 heavy (non-hydrogen) atoms. The van der Waals surface area contributed by atoms with Crippen LogP contribution in [0.3, 0.4) is 0 Å². The van der Waals surface area contributed by atoms with Crippen LogP contribution in [-0.2, 0) is 9.59 Å². The SMILES string of the molecule is Cc1ccc(OCCN2C(=O)C(C)Oc3cc(NC(=O)C(C)C)ccc32)cc1. The molecule has 1 unspecified atom stereocenters. The van der Waals surface area contributed by atoms with Gasteiger partial charge in [0.05, 0.1) is 12.2 Å². The molecule has 0 spiro atoms. The van der Waals surface area contributed by atoms with E-state index in [1.807, 2.05) is 45.0 Å². The van der Waals surface area contributed by atoms with E-state index in [0.29, 0.717) is 30.3 Å². The van der Waals surface area contributed by atoms with E-state index in [9.17, 15) is 9.59 Å². The van der Waals surface area contributed by atoms with Crippen molar-refractivity contribution in [2.45, 2.75) is 33.8 Å². The van der Waals surface area contributed by atoms with Crippen LogP contribution in [0.2, 0.25) is 0 Å². The van der Waals surface area contributed by atoms with Crippen molar-refractivity contribution in [1.82, 2.24) is 0 Å². The van der Waals surface area contributed by atoms with Crippen molar-refractivity contribution in [3.63, 3.8) is 0 Å². The van der Waals surface area contributed by atoms with E-state index >= 15 is 0 Å². The van der Waals surface area contributed by atoms with Crippen LogP contribution in [0.25, 0.3) is 0 Å². The molecule has 1 heterocycles. The highest BCUT2D eigenvalue weighted by atomic mass is 16.5. The quantitative estimate of drug-likeness (QED) is 0.826. The van der Waals surface area contributed by atoms with Gasteiger partial charge in [-0.15, -0.1) is 0 Å². The number of rotatable bonds is 6. The van der Waals surface area contributed by atoms with Crippen molar-refractivity contribution in [2.24, 2.45) is 5.92 Å². The molecule has 1 aliphatic heterocycles. The summed E-state index contributed by atoms with van der Waals surface area (Å²) in [6.07, 6.45) is -0.595. The van der Waals surface area contributed by atoms with Gasteiger partial charge in [-0.3, -0.25) is 9.59 Å². The monoisotopic (exact) mass is 382 g/mol. The molecule has 0 aromatic heterocycles. The highest BCUT2D eigenvalue weighted by molar-refractivity contribution is 6.00. The smallest absolute Gasteiger partial charge is 0.267 e. The molecule has 0 saturated heterocycles. The Bertz CT molecular complexity index is 861. The number of ether oxygens (including phenoxy) is 2. The molecule has 0 aliphatic carbocycles. The number of aryl methyl sites for hydroxylation is 1. The normalized spacial score (nSPS) is 15.8. The van der Waals surface area contributed by atoms with Crippen molar-refractivity contribution >= 4 is 23.2 Å². The molecule has 3 rings (SSSR count). The van der Waals surface area contributed by atoms with Crippen LogP contribution in [0.15, 0.2) is 42.5 Å². The lowest BCUT2D eigenvalue weighted by Gasteiger charge is -2.33. The number of benzene rings is 2. The predicted octanol–water partition coefficient (Wildman–Crippen LogP) is 3.78. The van der Waals surface area contributed by atoms with Gasteiger partial charge in [-0.05, 0) is 38.1 Å². The van der Waals surface area contributed by atoms with Crippen molar-refractivity contribution in [3.8, 4) is 11.5 Å². The number of anilines is 2. The number of carbonyl (C=O) groups excluding carboxylic acids is 2. The minimum atomic E-state index is -0.595. The molecule has 6 heteroatoms. The second kappa shape index (κ2) is 8.33. The summed E-state index contributed by atoms with van der Waals surface area (Å²) < 4.78 is 11.5. The van der Waals surface area contributed by atoms with Crippen molar-refractivity contribution in [3.05, 3.63) is 48.0 Å². The van der Waals surface area contributed by atoms with Crippen LogP contribution in [-0.4, -0.2) is 31.1 Å². The van der Waals surface area contributed by atoms with Gasteiger partial charge in [-0.25, -0.2) is 0 Å². The largest absolute Gasteiger partial charge is 0.492 e. The van der Waals surface area contributed by atoms with Crippen LogP contribution < -0.4 is 19.7 Å². The zero-order chi connectivity index (χ0) is 20.3. The fourth-order valence-corrected chi connectivity index (χ4v) is 2.89. The molecule has 2 amide bonds. The summed E-state index contributed by atoms with van der Waals surface area (Å²) in [6.45, 7) is 8.18. The summed E-state index contributed by atoms with van der Waals surface area (Å²) in [5.74, 6) is 1.05. The zero-order valence-corrected chi connectivity index (χ0v) is 16.7. The fraction of sp³-hybridized carbons (Fsp3) is 0.364. The Labute approximate surface area is 165 Å². The predicted molar refractivity (Wildman–Crippen MR) is 109 cm³/mol. The van der Waals surface area contributed by atoms with Gasteiger partial charge >= 0.3 is 0 Å². The second-order valence-electron chi connectivity index (χ2n) is 7.24. The van der Waals surface area contributed by atoms with Gasteiger partial charge in [0.2, 0.25) is 5.91 Å². The number of nitrogens with one attached hydrogen (secondary N) is 1. The van der Waals surface area contributed by atoms with Crippen LogP contribution in [0.4, 0.5) is 11.4 Å². The Balaban J connectivity index is 1.72. The average Bonchev–Trinajstić information content (AvgIpc) is 2.66. The summed E-state index contributed by atoms with van der Waals surface area (Å²) >= 11 is 0. The summed E-state index contributed by atoms with van der Waals surface area (Å²) in [7, 11) is 0. The van der Waals surface area contributed by atoms with Gasteiger partial charge in [-0.2, -0.15) is 0 Å². The second-order valence-corrected chi connectivity index (χ2v) is 7.24. The van der Waals surface area contributed by atoms with E-state index in [-0.39, 0.29) is 17.7 Å². The molecule has 1 atom stereocenters.